The lowest BCUT2D eigenvalue weighted by Crippen LogP contribution is -2.44. The maximum Gasteiger partial charge on any atom is 0.353 e. The Kier molecular flexibility index (Phi) is 6.24. The molecule has 1 aromatic heterocycles. The molecule has 2 aromatic rings. The highest BCUT2D eigenvalue weighted by atomic mass is 35.5. The van der Waals surface area contributed by atoms with Gasteiger partial charge in [-0.05, 0) is 43.9 Å². The second-order valence-corrected chi connectivity index (χ2v) is 6.69. The molecule has 26 heavy (non-hydrogen) atoms. The van der Waals surface area contributed by atoms with Gasteiger partial charge in [-0.25, -0.2) is 14.2 Å². The number of halogens is 1. The maximum absolute atomic E-state index is 12.7. The van der Waals surface area contributed by atoms with Gasteiger partial charge in [0.05, 0.1) is 19.7 Å². The number of ether oxygens (including phenoxy) is 2. The third-order valence-electron chi connectivity index (χ3n) is 4.35. The van der Waals surface area contributed by atoms with Gasteiger partial charge >= 0.3 is 11.4 Å². The normalized spacial score (nSPS) is 17.4. The third-order valence-corrected chi connectivity index (χ3v) is 4.60. The largest absolute Gasteiger partial charge is 0.353 e. The molecule has 0 amide bonds. The molecule has 2 heterocycles. The van der Waals surface area contributed by atoms with Crippen molar-refractivity contribution in [3.8, 4) is 0 Å². The number of hydrogen-bond donors (Lipinski definition) is 0. The molecular formula is C18H22ClN3O4. The van der Waals surface area contributed by atoms with Crippen LogP contribution in [0.15, 0.2) is 33.9 Å². The summed E-state index contributed by atoms with van der Waals surface area (Å²) in [7, 11) is 0. The fraction of sp³-hybridized carbons (Fsp3) is 0.500. The standard InChI is InChI=1S/C18H22ClN3O4/c1-13-20-17(23)21(9-11-26-16-4-2-3-10-25-16)18(24)22(13)12-14-5-7-15(19)8-6-14/h5-8,16H,2-4,9-12H2,1H3. The minimum atomic E-state index is -0.562. The molecule has 1 unspecified atom stereocenters. The molecular weight excluding hydrogens is 358 g/mol. The molecule has 1 saturated heterocycles. The summed E-state index contributed by atoms with van der Waals surface area (Å²) in [4.78, 5) is 28.8. The van der Waals surface area contributed by atoms with Crippen LogP contribution < -0.4 is 11.4 Å². The van der Waals surface area contributed by atoms with Crippen LogP contribution in [-0.4, -0.2) is 33.6 Å². The summed E-state index contributed by atoms with van der Waals surface area (Å²) in [5.41, 5.74) is -0.0583. The third kappa shape index (κ3) is 4.60. The molecule has 0 saturated carbocycles. The molecule has 1 aliphatic rings. The summed E-state index contributed by atoms with van der Waals surface area (Å²) in [6.45, 7) is 3.03. The van der Waals surface area contributed by atoms with Crippen molar-refractivity contribution in [1.82, 2.24) is 14.1 Å². The Morgan fingerprint density at radius 3 is 2.69 bits per heavy atom. The summed E-state index contributed by atoms with van der Waals surface area (Å²) in [5, 5.41) is 0.628. The molecule has 7 nitrogen and oxygen atoms in total. The van der Waals surface area contributed by atoms with Crippen LogP contribution in [-0.2, 0) is 22.6 Å². The van der Waals surface area contributed by atoms with Gasteiger partial charge in [-0.15, -0.1) is 0 Å². The summed E-state index contributed by atoms with van der Waals surface area (Å²) in [6, 6.07) is 7.21. The van der Waals surface area contributed by atoms with Crippen LogP contribution >= 0.6 is 11.6 Å². The second-order valence-electron chi connectivity index (χ2n) is 6.26. The molecule has 0 spiro atoms. The Balaban J connectivity index is 1.74. The fourth-order valence-electron chi connectivity index (χ4n) is 2.89. The fourth-order valence-corrected chi connectivity index (χ4v) is 3.01. The second kappa shape index (κ2) is 8.62. The highest BCUT2D eigenvalue weighted by Crippen LogP contribution is 2.13. The summed E-state index contributed by atoms with van der Waals surface area (Å²) in [6.07, 6.45) is 2.68. The first-order valence-corrected chi connectivity index (χ1v) is 9.08. The minimum absolute atomic E-state index is 0.144. The lowest BCUT2D eigenvalue weighted by Gasteiger charge is -2.22. The van der Waals surface area contributed by atoms with Gasteiger partial charge in [0.2, 0.25) is 0 Å². The van der Waals surface area contributed by atoms with Crippen molar-refractivity contribution in [3.63, 3.8) is 0 Å². The van der Waals surface area contributed by atoms with E-state index in [0.717, 1.165) is 29.4 Å². The Morgan fingerprint density at radius 2 is 2.00 bits per heavy atom. The highest BCUT2D eigenvalue weighted by Gasteiger charge is 2.15. The van der Waals surface area contributed by atoms with Crippen molar-refractivity contribution in [2.45, 2.75) is 45.6 Å². The topological polar surface area (TPSA) is 75.4 Å². The number of aryl methyl sites for hydroxylation is 1. The summed E-state index contributed by atoms with van der Waals surface area (Å²) >= 11 is 5.89. The van der Waals surface area contributed by atoms with Gasteiger partial charge in [-0.3, -0.25) is 4.57 Å². The zero-order valence-electron chi connectivity index (χ0n) is 14.7. The van der Waals surface area contributed by atoms with Crippen LogP contribution in [0.1, 0.15) is 30.7 Å². The van der Waals surface area contributed by atoms with E-state index >= 15 is 0 Å². The van der Waals surface area contributed by atoms with Gasteiger partial charge in [0, 0.05) is 11.6 Å². The van der Waals surface area contributed by atoms with Crippen LogP contribution in [0.2, 0.25) is 5.02 Å². The van der Waals surface area contributed by atoms with Crippen molar-refractivity contribution in [2.75, 3.05) is 13.2 Å². The van der Waals surface area contributed by atoms with Crippen LogP contribution in [0.25, 0.3) is 0 Å². The molecule has 8 heteroatoms. The average molecular weight is 380 g/mol. The smallest absolute Gasteiger partial charge is 0.353 e. The number of hydrogen-bond acceptors (Lipinski definition) is 5. The Bertz CT molecular complexity index is 854. The Morgan fingerprint density at radius 1 is 1.23 bits per heavy atom. The van der Waals surface area contributed by atoms with Crippen molar-refractivity contribution in [1.29, 1.82) is 0 Å². The maximum atomic E-state index is 12.7. The van der Waals surface area contributed by atoms with Crippen LogP contribution in [0, 0.1) is 6.92 Å². The molecule has 0 radical (unpaired) electrons. The van der Waals surface area contributed by atoms with E-state index in [1.165, 1.54) is 4.57 Å². The van der Waals surface area contributed by atoms with E-state index in [4.69, 9.17) is 21.1 Å². The molecule has 0 bridgehead atoms. The quantitative estimate of drug-likeness (QED) is 0.766. The van der Waals surface area contributed by atoms with Gasteiger partial charge in [-0.1, -0.05) is 23.7 Å². The summed E-state index contributed by atoms with van der Waals surface area (Å²) in [5.74, 6) is 0.378. The van der Waals surface area contributed by atoms with Gasteiger partial charge < -0.3 is 9.47 Å². The predicted molar refractivity (Wildman–Crippen MR) is 97.6 cm³/mol. The lowest BCUT2D eigenvalue weighted by molar-refractivity contribution is -0.163. The summed E-state index contributed by atoms with van der Waals surface area (Å²) < 4.78 is 13.7. The molecule has 1 aromatic carbocycles. The van der Waals surface area contributed by atoms with E-state index in [0.29, 0.717) is 24.0 Å². The van der Waals surface area contributed by atoms with E-state index in [2.05, 4.69) is 4.98 Å². The van der Waals surface area contributed by atoms with Crippen LogP contribution in [0.4, 0.5) is 0 Å². The lowest BCUT2D eigenvalue weighted by atomic mass is 10.2. The molecule has 1 aliphatic heterocycles. The monoisotopic (exact) mass is 379 g/mol. The first kappa shape index (κ1) is 18.8. The van der Waals surface area contributed by atoms with E-state index in [9.17, 15) is 9.59 Å². The highest BCUT2D eigenvalue weighted by molar-refractivity contribution is 6.30. The molecule has 1 atom stereocenters. The van der Waals surface area contributed by atoms with E-state index < -0.39 is 11.4 Å². The zero-order chi connectivity index (χ0) is 18.5. The van der Waals surface area contributed by atoms with Gasteiger partial charge in [0.1, 0.15) is 5.82 Å². The molecule has 1 fully saturated rings. The molecule has 0 N–H and O–H groups in total. The van der Waals surface area contributed by atoms with Crippen molar-refractivity contribution in [3.05, 3.63) is 61.6 Å². The van der Waals surface area contributed by atoms with Crippen LogP contribution in [0.3, 0.4) is 0 Å². The van der Waals surface area contributed by atoms with Gasteiger partial charge in [-0.2, -0.15) is 4.98 Å². The first-order valence-electron chi connectivity index (χ1n) is 8.70. The van der Waals surface area contributed by atoms with E-state index in [1.54, 1.807) is 19.1 Å². The molecule has 3 rings (SSSR count). The molecule has 0 aliphatic carbocycles. The number of benzene rings is 1. The Labute approximate surface area is 156 Å². The van der Waals surface area contributed by atoms with Crippen LogP contribution in [0.5, 0.6) is 0 Å². The number of aromatic nitrogens is 3. The predicted octanol–water partition coefficient (Wildman–Crippen LogP) is 1.96. The Hall–Kier alpha value is -1.96. The molecule has 140 valence electrons. The number of rotatable bonds is 6. The number of nitrogens with zero attached hydrogens (tertiary/aromatic N) is 3. The SMILES string of the molecule is Cc1nc(=O)n(CCOC2CCCCO2)c(=O)n1Cc1ccc(Cl)cc1. The van der Waals surface area contributed by atoms with E-state index in [-0.39, 0.29) is 19.4 Å². The van der Waals surface area contributed by atoms with E-state index in [1.807, 2.05) is 12.1 Å². The first-order chi connectivity index (χ1) is 12.5. The van der Waals surface area contributed by atoms with Crippen molar-refractivity contribution >= 4 is 11.6 Å². The van der Waals surface area contributed by atoms with Gasteiger partial charge in [0.15, 0.2) is 6.29 Å². The average Bonchev–Trinajstić information content (AvgIpc) is 2.64. The van der Waals surface area contributed by atoms with Gasteiger partial charge in [0.25, 0.3) is 0 Å². The minimum Gasteiger partial charge on any atom is -0.353 e. The zero-order valence-corrected chi connectivity index (χ0v) is 15.4. The van der Waals surface area contributed by atoms with Crippen molar-refractivity contribution in [2.24, 2.45) is 0 Å². The van der Waals surface area contributed by atoms with Crippen molar-refractivity contribution < 1.29 is 9.47 Å².